The molecule has 8 heteroatoms. The summed E-state index contributed by atoms with van der Waals surface area (Å²) >= 11 is 6.00. The minimum absolute atomic E-state index is 0.0505. The van der Waals surface area contributed by atoms with E-state index in [1.54, 1.807) is 13.8 Å². The van der Waals surface area contributed by atoms with Gasteiger partial charge in [-0.15, -0.1) is 0 Å². The predicted octanol–water partition coefficient (Wildman–Crippen LogP) is 3.95. The Kier molecular flexibility index (Phi) is 7.86. The summed E-state index contributed by atoms with van der Waals surface area (Å²) in [4.78, 5) is 12.3. The van der Waals surface area contributed by atoms with Gasteiger partial charge >= 0.3 is 0 Å². The van der Waals surface area contributed by atoms with E-state index >= 15 is 0 Å². The van der Waals surface area contributed by atoms with Crippen molar-refractivity contribution in [2.45, 2.75) is 32.1 Å². The van der Waals surface area contributed by atoms with E-state index in [0.717, 1.165) is 12.0 Å². The first kappa shape index (κ1) is 22.2. The maximum Gasteiger partial charge on any atom is 0.262 e. The fraction of sp³-hybridized carbons (Fsp3) is 0.350. The van der Waals surface area contributed by atoms with Crippen LogP contribution in [-0.2, 0) is 21.2 Å². The SMILES string of the molecule is CCc1ccccc1NC(=O)COc1ccc(Cl)cc1S(=O)(=O)N(CC)CC. The number of ether oxygens (including phenoxy) is 1. The quantitative estimate of drug-likeness (QED) is 0.661. The van der Waals surface area contributed by atoms with Gasteiger partial charge in [0.15, 0.2) is 6.61 Å². The molecule has 0 spiro atoms. The molecule has 0 bridgehead atoms. The highest BCUT2D eigenvalue weighted by molar-refractivity contribution is 7.89. The number of rotatable bonds is 9. The highest BCUT2D eigenvalue weighted by Crippen LogP contribution is 2.30. The fourth-order valence-corrected chi connectivity index (χ4v) is 4.64. The number of amides is 1. The van der Waals surface area contributed by atoms with Crippen LogP contribution in [0.2, 0.25) is 5.02 Å². The van der Waals surface area contributed by atoms with E-state index in [1.165, 1.54) is 22.5 Å². The summed E-state index contributed by atoms with van der Waals surface area (Å²) in [5.41, 5.74) is 1.72. The van der Waals surface area contributed by atoms with Gasteiger partial charge in [-0.05, 0) is 36.2 Å². The summed E-state index contributed by atoms with van der Waals surface area (Å²) in [6, 6.07) is 11.8. The van der Waals surface area contributed by atoms with Gasteiger partial charge in [0.05, 0.1) is 0 Å². The molecule has 0 aliphatic carbocycles. The number of anilines is 1. The molecule has 6 nitrogen and oxygen atoms in total. The van der Waals surface area contributed by atoms with Gasteiger partial charge in [0.25, 0.3) is 5.91 Å². The maximum absolute atomic E-state index is 12.9. The van der Waals surface area contributed by atoms with Crippen LogP contribution in [0.5, 0.6) is 5.75 Å². The molecule has 0 aliphatic heterocycles. The topological polar surface area (TPSA) is 75.7 Å². The second-order valence-electron chi connectivity index (χ2n) is 6.03. The summed E-state index contributed by atoms with van der Waals surface area (Å²) in [6.07, 6.45) is 0.779. The molecule has 0 saturated heterocycles. The normalized spacial score (nSPS) is 11.5. The van der Waals surface area contributed by atoms with Gasteiger partial charge in [-0.3, -0.25) is 4.79 Å². The third-order valence-electron chi connectivity index (χ3n) is 4.26. The summed E-state index contributed by atoms with van der Waals surface area (Å²) in [7, 11) is -3.78. The zero-order valence-corrected chi connectivity index (χ0v) is 17.8. The van der Waals surface area contributed by atoms with Crippen LogP contribution in [-0.4, -0.2) is 38.3 Å². The Morgan fingerprint density at radius 3 is 2.43 bits per heavy atom. The van der Waals surface area contributed by atoms with Crippen LogP contribution in [0.1, 0.15) is 26.3 Å². The van der Waals surface area contributed by atoms with Crippen LogP contribution in [0.25, 0.3) is 0 Å². The zero-order chi connectivity index (χ0) is 20.7. The van der Waals surface area contributed by atoms with Crippen molar-refractivity contribution in [1.82, 2.24) is 4.31 Å². The first-order chi connectivity index (χ1) is 13.3. The Bertz CT molecular complexity index is 928. The van der Waals surface area contributed by atoms with Crippen LogP contribution in [0, 0.1) is 0 Å². The molecule has 0 aromatic heterocycles. The van der Waals surface area contributed by atoms with Crippen LogP contribution in [0.15, 0.2) is 47.4 Å². The Morgan fingerprint density at radius 2 is 1.79 bits per heavy atom. The Balaban J connectivity index is 2.19. The highest BCUT2D eigenvalue weighted by Gasteiger charge is 2.26. The number of hydrogen-bond donors (Lipinski definition) is 1. The van der Waals surface area contributed by atoms with E-state index in [4.69, 9.17) is 16.3 Å². The van der Waals surface area contributed by atoms with Crippen molar-refractivity contribution < 1.29 is 17.9 Å². The van der Waals surface area contributed by atoms with Crippen molar-refractivity contribution in [3.63, 3.8) is 0 Å². The standard InChI is InChI=1S/C20H25ClN2O4S/c1-4-15-9-7-8-10-17(15)22-20(24)14-27-18-12-11-16(21)13-19(18)28(25,26)23(5-2)6-3/h7-13H,4-6,14H2,1-3H3,(H,22,24). The number of para-hydroxylation sites is 1. The lowest BCUT2D eigenvalue weighted by atomic mass is 10.1. The molecule has 152 valence electrons. The van der Waals surface area contributed by atoms with E-state index in [-0.39, 0.29) is 28.2 Å². The van der Waals surface area contributed by atoms with E-state index in [9.17, 15) is 13.2 Å². The van der Waals surface area contributed by atoms with Crippen molar-refractivity contribution in [3.8, 4) is 5.75 Å². The van der Waals surface area contributed by atoms with Crippen molar-refractivity contribution in [1.29, 1.82) is 0 Å². The lowest BCUT2D eigenvalue weighted by Gasteiger charge is -2.20. The highest BCUT2D eigenvalue weighted by atomic mass is 35.5. The predicted molar refractivity (Wildman–Crippen MR) is 112 cm³/mol. The molecule has 1 amide bonds. The largest absolute Gasteiger partial charge is 0.482 e. The van der Waals surface area contributed by atoms with Gasteiger partial charge < -0.3 is 10.1 Å². The van der Waals surface area contributed by atoms with Crippen LogP contribution < -0.4 is 10.1 Å². The van der Waals surface area contributed by atoms with Gasteiger partial charge in [0.1, 0.15) is 10.6 Å². The number of hydrogen-bond acceptors (Lipinski definition) is 4. The smallest absolute Gasteiger partial charge is 0.262 e. The molecule has 1 N–H and O–H groups in total. The molecule has 2 rings (SSSR count). The maximum atomic E-state index is 12.9. The molecule has 2 aromatic carbocycles. The molecular formula is C20H25ClN2O4S. The lowest BCUT2D eigenvalue weighted by molar-refractivity contribution is -0.118. The third-order valence-corrected chi connectivity index (χ3v) is 6.57. The number of halogens is 1. The van der Waals surface area contributed by atoms with Crippen LogP contribution in [0.4, 0.5) is 5.69 Å². The van der Waals surface area contributed by atoms with Gasteiger partial charge in [0, 0.05) is 23.8 Å². The van der Waals surface area contributed by atoms with E-state index < -0.39 is 10.0 Å². The second-order valence-corrected chi connectivity index (χ2v) is 8.37. The second kappa shape index (κ2) is 9.91. The number of carbonyl (C=O) groups is 1. The first-order valence-electron chi connectivity index (χ1n) is 9.13. The molecule has 0 radical (unpaired) electrons. The monoisotopic (exact) mass is 424 g/mol. The summed E-state index contributed by atoms with van der Waals surface area (Å²) < 4.78 is 32.6. The van der Waals surface area contributed by atoms with Gasteiger partial charge in [-0.25, -0.2) is 8.42 Å². The minimum Gasteiger partial charge on any atom is -0.482 e. The Labute approximate surface area is 171 Å². The van der Waals surface area contributed by atoms with Crippen molar-refractivity contribution >= 4 is 33.2 Å². The first-order valence-corrected chi connectivity index (χ1v) is 11.0. The molecule has 0 atom stereocenters. The zero-order valence-electron chi connectivity index (χ0n) is 16.2. The molecule has 0 saturated carbocycles. The average Bonchev–Trinajstić information content (AvgIpc) is 2.68. The number of carbonyl (C=O) groups excluding carboxylic acids is 1. The summed E-state index contributed by atoms with van der Waals surface area (Å²) in [6.45, 7) is 5.83. The van der Waals surface area contributed by atoms with E-state index in [2.05, 4.69) is 5.32 Å². The van der Waals surface area contributed by atoms with Gasteiger partial charge in [-0.2, -0.15) is 4.31 Å². The summed E-state index contributed by atoms with van der Waals surface area (Å²) in [5.74, 6) is -0.280. The number of benzene rings is 2. The molecule has 0 unspecified atom stereocenters. The Hall–Kier alpha value is -2.09. The van der Waals surface area contributed by atoms with Gasteiger partial charge in [-0.1, -0.05) is 50.6 Å². The Morgan fingerprint density at radius 1 is 1.11 bits per heavy atom. The molecule has 0 heterocycles. The molecule has 0 aliphatic rings. The van der Waals surface area contributed by atoms with Crippen molar-refractivity contribution in [2.24, 2.45) is 0 Å². The van der Waals surface area contributed by atoms with Crippen molar-refractivity contribution in [2.75, 3.05) is 25.0 Å². The van der Waals surface area contributed by atoms with Crippen LogP contribution in [0.3, 0.4) is 0 Å². The number of aryl methyl sites for hydroxylation is 1. The van der Waals surface area contributed by atoms with Crippen molar-refractivity contribution in [3.05, 3.63) is 53.1 Å². The lowest BCUT2D eigenvalue weighted by Crippen LogP contribution is -2.31. The van der Waals surface area contributed by atoms with Crippen LogP contribution >= 0.6 is 11.6 Å². The third kappa shape index (κ3) is 5.25. The van der Waals surface area contributed by atoms with Gasteiger partial charge in [0.2, 0.25) is 10.0 Å². The minimum atomic E-state index is -3.78. The molecule has 0 fully saturated rings. The van der Waals surface area contributed by atoms with E-state index in [1.807, 2.05) is 31.2 Å². The molecule has 28 heavy (non-hydrogen) atoms. The number of nitrogens with zero attached hydrogens (tertiary/aromatic N) is 1. The molecular weight excluding hydrogens is 400 g/mol. The van der Waals surface area contributed by atoms with E-state index in [0.29, 0.717) is 18.8 Å². The fourth-order valence-electron chi connectivity index (χ4n) is 2.79. The number of nitrogens with one attached hydrogen (secondary N) is 1. The molecule has 2 aromatic rings. The average molecular weight is 425 g/mol. The summed E-state index contributed by atoms with van der Waals surface area (Å²) in [5, 5.41) is 3.07. The number of sulfonamides is 1.